The molecule has 0 saturated heterocycles. The van der Waals surface area contributed by atoms with E-state index >= 15 is 0 Å². The molecule has 0 aromatic heterocycles. The minimum Gasteiger partial charge on any atom is -0.481 e. The van der Waals surface area contributed by atoms with E-state index in [1.165, 1.54) is 13.8 Å². The van der Waals surface area contributed by atoms with Gasteiger partial charge in [-0.05, 0) is 18.8 Å². The van der Waals surface area contributed by atoms with Crippen molar-refractivity contribution in [3.63, 3.8) is 0 Å². The summed E-state index contributed by atoms with van der Waals surface area (Å²) in [6, 6.07) is 0. The van der Waals surface area contributed by atoms with Crippen LogP contribution < -0.4 is 0 Å². The second-order valence-electron chi connectivity index (χ2n) is 4.47. The van der Waals surface area contributed by atoms with Gasteiger partial charge in [0.2, 0.25) is 0 Å². The lowest BCUT2D eigenvalue weighted by Crippen LogP contribution is -2.49. The zero-order valence-electron chi connectivity index (χ0n) is 9.71. The van der Waals surface area contributed by atoms with Crippen LogP contribution in [0.3, 0.4) is 0 Å². The lowest BCUT2D eigenvalue weighted by molar-refractivity contribution is -0.142. The second-order valence-corrected chi connectivity index (χ2v) is 7.01. The van der Waals surface area contributed by atoms with Gasteiger partial charge < -0.3 is 10.2 Å². The van der Waals surface area contributed by atoms with Gasteiger partial charge in [-0.3, -0.25) is 9.59 Å². The monoisotopic (exact) mass is 264 g/mol. The minimum atomic E-state index is -3.84. The molecule has 98 valence electrons. The van der Waals surface area contributed by atoms with E-state index in [1.807, 2.05) is 0 Å². The molecular formula is C10H16O6S. The number of carbonyl (C=O) groups is 2. The number of carboxylic acids is 2. The van der Waals surface area contributed by atoms with Crippen molar-refractivity contribution in [3.05, 3.63) is 0 Å². The summed E-state index contributed by atoms with van der Waals surface area (Å²) in [5, 5.41) is 18.1. The Morgan fingerprint density at radius 2 is 1.88 bits per heavy atom. The fraction of sp³-hybridized carbons (Fsp3) is 0.800. The Bertz CT molecular complexity index is 440. The molecule has 1 saturated carbocycles. The molecule has 0 amide bonds. The summed E-state index contributed by atoms with van der Waals surface area (Å²) in [5.41, 5.74) is 0. The van der Waals surface area contributed by atoms with E-state index in [2.05, 4.69) is 0 Å². The van der Waals surface area contributed by atoms with Crippen LogP contribution in [-0.2, 0) is 19.4 Å². The molecule has 7 heteroatoms. The SMILES string of the molecule is CCS(=O)(=O)[C@]1(C(=O)O)C[C@@H](C(=O)O)C[C@@H]1C. The van der Waals surface area contributed by atoms with E-state index < -0.39 is 38.4 Å². The van der Waals surface area contributed by atoms with Crippen LogP contribution in [0.1, 0.15) is 26.7 Å². The molecule has 1 fully saturated rings. The van der Waals surface area contributed by atoms with E-state index in [1.54, 1.807) is 0 Å². The third kappa shape index (κ3) is 1.92. The summed E-state index contributed by atoms with van der Waals surface area (Å²) in [6.07, 6.45) is -0.254. The topological polar surface area (TPSA) is 109 Å². The smallest absolute Gasteiger partial charge is 0.325 e. The zero-order valence-corrected chi connectivity index (χ0v) is 10.5. The van der Waals surface area contributed by atoms with Crippen molar-refractivity contribution in [2.45, 2.75) is 31.4 Å². The molecule has 0 unspecified atom stereocenters. The largest absolute Gasteiger partial charge is 0.481 e. The number of sulfone groups is 1. The first kappa shape index (κ1) is 14.0. The van der Waals surface area contributed by atoms with E-state index in [-0.39, 0.29) is 18.6 Å². The third-order valence-electron chi connectivity index (χ3n) is 3.63. The maximum absolute atomic E-state index is 12.0. The number of hydrogen-bond donors (Lipinski definition) is 2. The van der Waals surface area contributed by atoms with Crippen LogP contribution in [0, 0.1) is 11.8 Å². The molecule has 0 aromatic rings. The molecule has 1 rings (SSSR count). The van der Waals surface area contributed by atoms with E-state index in [0.717, 1.165) is 0 Å². The Morgan fingerprint density at radius 3 is 2.18 bits per heavy atom. The van der Waals surface area contributed by atoms with Crippen molar-refractivity contribution in [2.24, 2.45) is 11.8 Å². The predicted molar refractivity (Wildman–Crippen MR) is 59.4 cm³/mol. The highest BCUT2D eigenvalue weighted by atomic mass is 32.2. The first-order chi connectivity index (χ1) is 7.69. The molecule has 0 spiro atoms. The summed E-state index contributed by atoms with van der Waals surface area (Å²) in [7, 11) is -3.84. The highest BCUT2D eigenvalue weighted by Gasteiger charge is 2.60. The van der Waals surface area contributed by atoms with E-state index in [4.69, 9.17) is 5.11 Å². The van der Waals surface area contributed by atoms with Gasteiger partial charge >= 0.3 is 11.9 Å². The number of carboxylic acid groups (broad SMARTS) is 2. The molecule has 0 bridgehead atoms. The summed E-state index contributed by atoms with van der Waals surface area (Å²) in [5.74, 6) is -4.45. The van der Waals surface area contributed by atoms with Crippen molar-refractivity contribution in [1.29, 1.82) is 0 Å². The average molecular weight is 264 g/mol. The normalized spacial score (nSPS) is 33.5. The van der Waals surface area contributed by atoms with Crippen LogP contribution in [-0.4, -0.2) is 41.1 Å². The number of hydrogen-bond acceptors (Lipinski definition) is 4. The average Bonchev–Trinajstić information content (AvgIpc) is 2.57. The summed E-state index contributed by atoms with van der Waals surface area (Å²) >= 11 is 0. The Morgan fingerprint density at radius 1 is 1.35 bits per heavy atom. The predicted octanol–water partition coefficient (Wildman–Crippen LogP) is 0.375. The summed E-state index contributed by atoms with van der Waals surface area (Å²) in [6.45, 7) is 2.87. The molecular weight excluding hydrogens is 248 g/mol. The van der Waals surface area contributed by atoms with Crippen molar-refractivity contribution < 1.29 is 28.2 Å². The maximum atomic E-state index is 12.0. The maximum Gasteiger partial charge on any atom is 0.325 e. The third-order valence-corrected chi connectivity index (χ3v) is 6.24. The first-order valence-corrected chi connectivity index (χ1v) is 7.02. The Hall–Kier alpha value is -1.11. The molecule has 1 aliphatic carbocycles. The van der Waals surface area contributed by atoms with Crippen LogP contribution in [0.15, 0.2) is 0 Å². The molecule has 0 heterocycles. The molecule has 2 N–H and O–H groups in total. The molecule has 17 heavy (non-hydrogen) atoms. The lowest BCUT2D eigenvalue weighted by Gasteiger charge is -2.28. The summed E-state index contributed by atoms with van der Waals surface area (Å²) < 4.78 is 22.0. The van der Waals surface area contributed by atoms with Gasteiger partial charge in [0.05, 0.1) is 5.92 Å². The van der Waals surface area contributed by atoms with Gasteiger partial charge in [-0.1, -0.05) is 13.8 Å². The van der Waals surface area contributed by atoms with Crippen LogP contribution in [0.4, 0.5) is 0 Å². The molecule has 0 aromatic carbocycles. The molecule has 6 nitrogen and oxygen atoms in total. The van der Waals surface area contributed by atoms with Crippen LogP contribution in [0.2, 0.25) is 0 Å². The van der Waals surface area contributed by atoms with Gasteiger partial charge in [-0.2, -0.15) is 0 Å². The van der Waals surface area contributed by atoms with Crippen molar-refractivity contribution in [3.8, 4) is 0 Å². The molecule has 0 aliphatic heterocycles. The quantitative estimate of drug-likeness (QED) is 0.759. The van der Waals surface area contributed by atoms with Gasteiger partial charge in [0.1, 0.15) is 0 Å². The van der Waals surface area contributed by atoms with Crippen molar-refractivity contribution in [1.82, 2.24) is 0 Å². The Labute approximate surface area is 99.6 Å². The van der Waals surface area contributed by atoms with E-state index in [0.29, 0.717) is 0 Å². The van der Waals surface area contributed by atoms with Gasteiger partial charge in [0, 0.05) is 5.75 Å². The van der Waals surface area contributed by atoms with Crippen LogP contribution >= 0.6 is 0 Å². The minimum absolute atomic E-state index is 0.0842. The highest BCUT2D eigenvalue weighted by molar-refractivity contribution is 7.93. The molecule has 0 radical (unpaired) electrons. The van der Waals surface area contributed by atoms with Crippen molar-refractivity contribution in [2.75, 3.05) is 5.75 Å². The molecule has 3 atom stereocenters. The van der Waals surface area contributed by atoms with Gasteiger partial charge in [-0.25, -0.2) is 8.42 Å². The standard InChI is InChI=1S/C10H16O6S/c1-3-17(15,16)10(9(13)14)5-7(8(11)12)4-6(10)2/h6-7H,3-5H2,1-2H3,(H,11,12)(H,13,14)/t6-,7-,10+/m0/s1. The van der Waals surface area contributed by atoms with Gasteiger partial charge in [0.25, 0.3) is 0 Å². The molecule has 1 aliphatic rings. The first-order valence-electron chi connectivity index (χ1n) is 5.37. The Kier molecular flexibility index (Phi) is 3.52. The number of rotatable bonds is 4. The fourth-order valence-corrected chi connectivity index (χ4v) is 4.52. The van der Waals surface area contributed by atoms with E-state index in [9.17, 15) is 23.1 Å². The fourth-order valence-electron chi connectivity index (χ4n) is 2.58. The highest BCUT2D eigenvalue weighted by Crippen LogP contribution is 2.45. The van der Waals surface area contributed by atoms with Crippen molar-refractivity contribution >= 4 is 21.8 Å². The second kappa shape index (κ2) is 4.29. The van der Waals surface area contributed by atoms with Crippen LogP contribution in [0.5, 0.6) is 0 Å². The van der Waals surface area contributed by atoms with Gasteiger partial charge in [-0.15, -0.1) is 0 Å². The van der Waals surface area contributed by atoms with Gasteiger partial charge in [0.15, 0.2) is 14.6 Å². The Balaban J connectivity index is 3.29. The zero-order chi connectivity index (χ0) is 13.4. The number of aliphatic carboxylic acids is 2. The summed E-state index contributed by atoms with van der Waals surface area (Å²) in [4.78, 5) is 22.2. The lowest BCUT2D eigenvalue weighted by atomic mass is 9.97. The van der Waals surface area contributed by atoms with Crippen LogP contribution in [0.25, 0.3) is 0 Å².